The SMILES string of the molecule is Cc1cc(Br)cc2c1N(C)C(=O)/C2=C\C(=O)c1cccs1. The number of rotatable bonds is 2. The fraction of sp³-hybridized carbons (Fsp3) is 0.125. The second kappa shape index (κ2) is 5.24. The zero-order valence-electron chi connectivity index (χ0n) is 11.5. The van der Waals surface area contributed by atoms with Gasteiger partial charge >= 0.3 is 0 Å². The number of carbonyl (C=O) groups excluding carboxylic acids is 2. The summed E-state index contributed by atoms with van der Waals surface area (Å²) in [7, 11) is 1.73. The summed E-state index contributed by atoms with van der Waals surface area (Å²) in [6.07, 6.45) is 1.45. The fourth-order valence-electron chi connectivity index (χ4n) is 2.54. The van der Waals surface area contributed by atoms with E-state index in [1.165, 1.54) is 17.4 Å². The largest absolute Gasteiger partial charge is 0.311 e. The van der Waals surface area contributed by atoms with E-state index in [-0.39, 0.29) is 11.7 Å². The van der Waals surface area contributed by atoms with Crippen LogP contribution in [0.15, 0.2) is 40.2 Å². The monoisotopic (exact) mass is 361 g/mol. The van der Waals surface area contributed by atoms with E-state index < -0.39 is 0 Å². The summed E-state index contributed by atoms with van der Waals surface area (Å²) in [5.74, 6) is -0.275. The number of hydrogen-bond acceptors (Lipinski definition) is 3. The molecule has 1 aliphatic heterocycles. The van der Waals surface area contributed by atoms with Crippen molar-refractivity contribution in [1.82, 2.24) is 0 Å². The van der Waals surface area contributed by atoms with E-state index in [1.807, 2.05) is 30.5 Å². The minimum atomic E-state index is -0.142. The van der Waals surface area contributed by atoms with E-state index in [0.717, 1.165) is 21.3 Å². The van der Waals surface area contributed by atoms with Crippen molar-refractivity contribution in [3.05, 3.63) is 56.2 Å². The van der Waals surface area contributed by atoms with Crippen LogP contribution in [-0.2, 0) is 4.79 Å². The van der Waals surface area contributed by atoms with Gasteiger partial charge in [-0.15, -0.1) is 11.3 Å². The average molecular weight is 362 g/mol. The molecule has 1 aliphatic rings. The third-order valence-corrected chi connectivity index (χ3v) is 4.81. The summed E-state index contributed by atoms with van der Waals surface area (Å²) in [6.45, 7) is 1.96. The summed E-state index contributed by atoms with van der Waals surface area (Å²) in [5, 5.41) is 1.85. The predicted molar refractivity (Wildman–Crippen MR) is 88.9 cm³/mol. The maximum atomic E-state index is 12.4. The molecule has 1 amide bonds. The van der Waals surface area contributed by atoms with Gasteiger partial charge in [-0.3, -0.25) is 9.59 Å². The van der Waals surface area contributed by atoms with Crippen molar-refractivity contribution in [2.45, 2.75) is 6.92 Å². The van der Waals surface area contributed by atoms with Crippen molar-refractivity contribution in [2.24, 2.45) is 0 Å². The molecule has 106 valence electrons. The first-order valence-electron chi connectivity index (χ1n) is 6.37. The van der Waals surface area contributed by atoms with Crippen LogP contribution in [0.3, 0.4) is 0 Å². The number of likely N-dealkylation sites (N-methyl/N-ethyl adjacent to an activating group) is 1. The normalized spacial score (nSPS) is 15.7. The van der Waals surface area contributed by atoms with E-state index in [1.54, 1.807) is 18.0 Å². The molecule has 3 nitrogen and oxygen atoms in total. The first-order chi connectivity index (χ1) is 9.99. The lowest BCUT2D eigenvalue weighted by atomic mass is 10.0. The zero-order chi connectivity index (χ0) is 15.1. The molecule has 0 saturated carbocycles. The Kier molecular flexibility index (Phi) is 3.55. The Hall–Kier alpha value is -1.72. The molecule has 0 radical (unpaired) electrons. The Bertz CT molecular complexity index is 778. The van der Waals surface area contributed by atoms with Gasteiger partial charge in [-0.25, -0.2) is 0 Å². The number of allylic oxidation sites excluding steroid dienone is 1. The Morgan fingerprint density at radius 3 is 2.81 bits per heavy atom. The number of thiophene rings is 1. The maximum absolute atomic E-state index is 12.4. The number of carbonyl (C=O) groups is 2. The van der Waals surface area contributed by atoms with Crippen LogP contribution in [-0.4, -0.2) is 18.7 Å². The van der Waals surface area contributed by atoms with Gasteiger partial charge in [-0.2, -0.15) is 0 Å². The van der Waals surface area contributed by atoms with Crippen molar-refractivity contribution in [3.8, 4) is 0 Å². The van der Waals surface area contributed by atoms with E-state index >= 15 is 0 Å². The first-order valence-corrected chi connectivity index (χ1v) is 8.04. The van der Waals surface area contributed by atoms with Crippen LogP contribution < -0.4 is 4.90 Å². The Morgan fingerprint density at radius 2 is 2.14 bits per heavy atom. The van der Waals surface area contributed by atoms with Crippen LogP contribution in [0.1, 0.15) is 20.8 Å². The third kappa shape index (κ3) is 2.36. The lowest BCUT2D eigenvalue weighted by molar-refractivity contribution is -0.112. The molecule has 0 bridgehead atoms. The third-order valence-electron chi connectivity index (χ3n) is 3.47. The number of halogens is 1. The Labute approximate surface area is 135 Å². The number of fused-ring (bicyclic) bond motifs is 1. The lowest BCUT2D eigenvalue weighted by Crippen LogP contribution is -2.21. The number of ketones is 1. The van der Waals surface area contributed by atoms with Crippen LogP contribution >= 0.6 is 27.3 Å². The standard InChI is InChI=1S/C16H12BrNO2S/c1-9-6-10(17)7-11-12(16(20)18(2)15(9)11)8-13(19)14-4-3-5-21-14/h3-8H,1-2H3/b12-8-. The van der Waals surface area contributed by atoms with Gasteiger partial charge < -0.3 is 4.90 Å². The van der Waals surface area contributed by atoms with Crippen molar-refractivity contribution in [3.63, 3.8) is 0 Å². The second-order valence-corrected chi connectivity index (χ2v) is 6.75. The quantitative estimate of drug-likeness (QED) is 0.597. The zero-order valence-corrected chi connectivity index (χ0v) is 13.9. The molecule has 0 atom stereocenters. The molecule has 1 aromatic heterocycles. The minimum absolute atomic E-state index is 0.132. The Morgan fingerprint density at radius 1 is 1.38 bits per heavy atom. The number of benzene rings is 1. The van der Waals surface area contributed by atoms with E-state index in [4.69, 9.17) is 0 Å². The summed E-state index contributed by atoms with van der Waals surface area (Å²) in [6, 6.07) is 7.44. The van der Waals surface area contributed by atoms with Crippen molar-refractivity contribution >= 4 is 50.2 Å². The highest BCUT2D eigenvalue weighted by Crippen LogP contribution is 2.40. The molecule has 2 aromatic rings. The number of anilines is 1. The molecule has 0 aliphatic carbocycles. The topological polar surface area (TPSA) is 37.4 Å². The highest BCUT2D eigenvalue weighted by Gasteiger charge is 2.32. The van der Waals surface area contributed by atoms with Gasteiger partial charge in [0.2, 0.25) is 0 Å². The van der Waals surface area contributed by atoms with Gasteiger partial charge in [0.15, 0.2) is 5.78 Å². The lowest BCUT2D eigenvalue weighted by Gasteiger charge is -2.12. The van der Waals surface area contributed by atoms with Gasteiger partial charge in [0.25, 0.3) is 5.91 Å². The second-order valence-electron chi connectivity index (χ2n) is 4.88. The van der Waals surface area contributed by atoms with Crippen molar-refractivity contribution in [1.29, 1.82) is 0 Å². The van der Waals surface area contributed by atoms with E-state index in [9.17, 15) is 9.59 Å². The minimum Gasteiger partial charge on any atom is -0.311 e. The molecule has 0 spiro atoms. The van der Waals surface area contributed by atoms with Crippen LogP contribution in [0.2, 0.25) is 0 Å². The van der Waals surface area contributed by atoms with Crippen LogP contribution in [0.4, 0.5) is 5.69 Å². The van der Waals surface area contributed by atoms with E-state index in [2.05, 4.69) is 15.9 Å². The molecule has 2 heterocycles. The number of amides is 1. The Balaban J connectivity index is 2.14. The van der Waals surface area contributed by atoms with Crippen molar-refractivity contribution in [2.75, 3.05) is 11.9 Å². The molecular formula is C16H12BrNO2S. The number of nitrogens with zero attached hydrogens (tertiary/aromatic N) is 1. The average Bonchev–Trinajstić information content (AvgIpc) is 3.02. The summed E-state index contributed by atoms with van der Waals surface area (Å²) in [4.78, 5) is 26.9. The highest BCUT2D eigenvalue weighted by atomic mass is 79.9. The maximum Gasteiger partial charge on any atom is 0.258 e. The molecular weight excluding hydrogens is 350 g/mol. The molecule has 0 saturated heterocycles. The van der Waals surface area contributed by atoms with Crippen molar-refractivity contribution < 1.29 is 9.59 Å². The summed E-state index contributed by atoms with van der Waals surface area (Å²) in [5.41, 5.74) is 3.13. The summed E-state index contributed by atoms with van der Waals surface area (Å²) < 4.78 is 0.899. The van der Waals surface area contributed by atoms with Gasteiger partial charge in [-0.05, 0) is 36.1 Å². The van der Waals surface area contributed by atoms with Gasteiger partial charge in [0.1, 0.15) is 0 Å². The van der Waals surface area contributed by atoms with Crippen LogP contribution in [0.5, 0.6) is 0 Å². The molecule has 0 N–H and O–H groups in total. The van der Waals surface area contributed by atoms with Crippen LogP contribution in [0.25, 0.3) is 5.57 Å². The fourth-order valence-corrected chi connectivity index (χ4v) is 3.75. The molecule has 0 fully saturated rings. The highest BCUT2D eigenvalue weighted by molar-refractivity contribution is 9.10. The van der Waals surface area contributed by atoms with Gasteiger partial charge in [-0.1, -0.05) is 22.0 Å². The number of aryl methyl sites for hydroxylation is 1. The molecule has 21 heavy (non-hydrogen) atoms. The molecule has 1 aromatic carbocycles. The van der Waals surface area contributed by atoms with E-state index in [0.29, 0.717) is 10.5 Å². The molecule has 3 rings (SSSR count). The molecule has 5 heteroatoms. The van der Waals surface area contributed by atoms with Crippen LogP contribution in [0, 0.1) is 6.92 Å². The predicted octanol–water partition coefficient (Wildman–Crippen LogP) is 4.06. The van der Waals surface area contributed by atoms with Gasteiger partial charge in [0.05, 0.1) is 16.1 Å². The smallest absolute Gasteiger partial charge is 0.258 e. The first kappa shape index (κ1) is 14.2. The number of hydrogen-bond donors (Lipinski definition) is 0. The van der Waals surface area contributed by atoms with Gasteiger partial charge in [0, 0.05) is 23.2 Å². The molecule has 0 unspecified atom stereocenters. The summed E-state index contributed by atoms with van der Waals surface area (Å²) >= 11 is 4.82.